The van der Waals surface area contributed by atoms with Crippen molar-refractivity contribution in [3.05, 3.63) is 18.3 Å². The van der Waals surface area contributed by atoms with Crippen LogP contribution < -0.4 is 16.0 Å². The summed E-state index contributed by atoms with van der Waals surface area (Å²) in [6.45, 7) is 0.463. The van der Waals surface area contributed by atoms with Crippen LogP contribution in [0.4, 0.5) is 5.82 Å². The van der Waals surface area contributed by atoms with E-state index in [9.17, 15) is 8.42 Å². The average molecular weight is 316 g/mol. The number of sulfonamides is 1. The van der Waals surface area contributed by atoms with Gasteiger partial charge in [-0.1, -0.05) is 12.8 Å². The number of pyridine rings is 1. The molecule has 0 atom stereocenters. The van der Waals surface area contributed by atoms with Gasteiger partial charge >= 0.3 is 0 Å². The molecule has 1 heterocycles. The van der Waals surface area contributed by atoms with Crippen LogP contribution in [-0.2, 0) is 10.0 Å². The Bertz CT molecular complexity index is 556. The van der Waals surface area contributed by atoms with Gasteiger partial charge in [0.25, 0.3) is 0 Å². The quantitative estimate of drug-likeness (QED) is 0.541. The van der Waals surface area contributed by atoms with E-state index in [-0.39, 0.29) is 9.64 Å². The van der Waals surface area contributed by atoms with E-state index in [1.807, 2.05) is 6.26 Å². The molecule has 1 aromatic heterocycles. The zero-order chi connectivity index (χ0) is 14.6. The smallest absolute Gasteiger partial charge is 0.240 e. The summed E-state index contributed by atoms with van der Waals surface area (Å²) in [5.74, 6) is 5.57. The molecule has 1 aliphatic rings. The minimum atomic E-state index is -3.53. The molecule has 0 bridgehead atoms. The molecule has 0 saturated heterocycles. The Hall–Kier alpha value is -0.830. The number of aromatic nitrogens is 1. The Balaban J connectivity index is 2.10. The van der Waals surface area contributed by atoms with Crippen LogP contribution in [0.15, 0.2) is 23.2 Å². The third-order valence-corrected chi connectivity index (χ3v) is 6.54. The second-order valence-corrected chi connectivity index (χ2v) is 7.98. The normalized spacial score (nSPS) is 18.1. The highest BCUT2D eigenvalue weighted by molar-refractivity contribution is 8.00. The Morgan fingerprint density at radius 1 is 1.45 bits per heavy atom. The Morgan fingerprint density at radius 2 is 2.15 bits per heavy atom. The molecule has 1 aromatic rings. The fourth-order valence-corrected chi connectivity index (χ4v) is 4.58. The predicted octanol–water partition coefficient (Wildman–Crippen LogP) is 1.32. The van der Waals surface area contributed by atoms with E-state index in [0.717, 1.165) is 12.8 Å². The first-order chi connectivity index (χ1) is 9.51. The van der Waals surface area contributed by atoms with Crippen molar-refractivity contribution >= 4 is 27.6 Å². The molecule has 4 N–H and O–H groups in total. The standard InChI is InChI=1S/C12H20N4O2S2/c1-19-12(5-2-3-6-12)9-15-20(17,18)10-4-7-14-11(8-10)16-13/h4,7-8,15H,2-3,5-6,9,13H2,1H3,(H,14,16). The highest BCUT2D eigenvalue weighted by Crippen LogP contribution is 2.39. The first-order valence-corrected chi connectivity index (χ1v) is 9.20. The number of nitrogen functional groups attached to an aromatic ring is 1. The maximum absolute atomic E-state index is 12.3. The number of nitrogens with one attached hydrogen (secondary N) is 2. The van der Waals surface area contributed by atoms with Crippen LogP contribution in [-0.4, -0.2) is 30.9 Å². The van der Waals surface area contributed by atoms with Gasteiger partial charge in [0.1, 0.15) is 5.82 Å². The summed E-state index contributed by atoms with van der Waals surface area (Å²) in [5, 5.41) is 0. The number of nitrogens with two attached hydrogens (primary N) is 1. The van der Waals surface area contributed by atoms with Gasteiger partial charge in [-0.15, -0.1) is 0 Å². The molecule has 20 heavy (non-hydrogen) atoms. The minimum Gasteiger partial charge on any atom is -0.308 e. The van der Waals surface area contributed by atoms with Gasteiger partial charge in [-0.25, -0.2) is 24.0 Å². The summed E-state index contributed by atoms with van der Waals surface area (Å²) in [5.41, 5.74) is 2.35. The summed E-state index contributed by atoms with van der Waals surface area (Å²) >= 11 is 1.75. The van der Waals surface area contributed by atoms with Crippen molar-refractivity contribution in [2.75, 3.05) is 18.2 Å². The topological polar surface area (TPSA) is 97.1 Å². The number of hydrogen-bond donors (Lipinski definition) is 3. The molecule has 8 heteroatoms. The van der Waals surface area contributed by atoms with Crippen molar-refractivity contribution in [2.24, 2.45) is 5.84 Å². The summed E-state index contributed by atoms with van der Waals surface area (Å²) in [7, 11) is -3.53. The lowest BCUT2D eigenvalue weighted by atomic mass is 10.1. The molecular formula is C12H20N4O2S2. The maximum Gasteiger partial charge on any atom is 0.240 e. The average Bonchev–Trinajstić information content (AvgIpc) is 2.95. The summed E-state index contributed by atoms with van der Waals surface area (Å²) < 4.78 is 27.3. The molecule has 0 amide bonds. The predicted molar refractivity (Wildman–Crippen MR) is 81.9 cm³/mol. The minimum absolute atomic E-state index is 0.0368. The second-order valence-electron chi connectivity index (χ2n) is 4.94. The first kappa shape index (κ1) is 15.6. The third kappa shape index (κ3) is 3.43. The van der Waals surface area contributed by atoms with Gasteiger partial charge < -0.3 is 5.43 Å². The van der Waals surface area contributed by atoms with Gasteiger partial charge in [0.15, 0.2) is 0 Å². The van der Waals surface area contributed by atoms with Gasteiger partial charge in [-0.2, -0.15) is 11.8 Å². The number of thioether (sulfide) groups is 1. The van der Waals surface area contributed by atoms with E-state index in [1.165, 1.54) is 31.2 Å². The lowest BCUT2D eigenvalue weighted by Crippen LogP contribution is -2.38. The third-order valence-electron chi connectivity index (χ3n) is 3.72. The SMILES string of the molecule is CSC1(CNS(=O)(=O)c2ccnc(NN)c2)CCCC1. The van der Waals surface area contributed by atoms with E-state index in [4.69, 9.17) is 5.84 Å². The molecule has 0 aliphatic heterocycles. The number of nitrogens with zero attached hydrogens (tertiary/aromatic N) is 1. The zero-order valence-electron chi connectivity index (χ0n) is 11.4. The summed E-state index contributed by atoms with van der Waals surface area (Å²) in [6.07, 6.45) is 7.91. The summed E-state index contributed by atoms with van der Waals surface area (Å²) in [4.78, 5) is 4.08. The van der Waals surface area contributed by atoms with Crippen LogP contribution in [0.3, 0.4) is 0 Å². The molecule has 6 nitrogen and oxygen atoms in total. The highest BCUT2D eigenvalue weighted by atomic mass is 32.2. The number of anilines is 1. The fraction of sp³-hybridized carbons (Fsp3) is 0.583. The van der Waals surface area contributed by atoms with Crippen LogP contribution in [0, 0.1) is 0 Å². The lowest BCUT2D eigenvalue weighted by molar-refractivity contribution is 0.551. The van der Waals surface area contributed by atoms with Gasteiger partial charge in [-0.05, 0) is 25.2 Å². The Kier molecular flexibility index (Phi) is 4.90. The molecule has 2 rings (SSSR count). The molecule has 0 spiro atoms. The first-order valence-electron chi connectivity index (χ1n) is 6.49. The van der Waals surface area contributed by atoms with Gasteiger partial charge in [0, 0.05) is 23.6 Å². The van der Waals surface area contributed by atoms with Crippen LogP contribution in [0.1, 0.15) is 25.7 Å². The van der Waals surface area contributed by atoms with Crippen LogP contribution in [0.2, 0.25) is 0 Å². The van der Waals surface area contributed by atoms with E-state index >= 15 is 0 Å². The number of hydrogen-bond acceptors (Lipinski definition) is 6. The molecule has 0 aromatic carbocycles. The van der Waals surface area contributed by atoms with Crippen molar-refractivity contribution < 1.29 is 8.42 Å². The largest absolute Gasteiger partial charge is 0.308 e. The van der Waals surface area contributed by atoms with Crippen LogP contribution in [0.5, 0.6) is 0 Å². The molecule has 1 fully saturated rings. The Morgan fingerprint density at radius 3 is 2.75 bits per heavy atom. The van der Waals surface area contributed by atoms with Gasteiger partial charge in [0.2, 0.25) is 10.0 Å². The van der Waals surface area contributed by atoms with Crippen molar-refractivity contribution in [2.45, 2.75) is 35.3 Å². The lowest BCUT2D eigenvalue weighted by Gasteiger charge is -2.26. The van der Waals surface area contributed by atoms with E-state index in [2.05, 4.69) is 15.1 Å². The molecule has 1 aliphatic carbocycles. The van der Waals surface area contributed by atoms with Crippen LogP contribution in [0.25, 0.3) is 0 Å². The van der Waals surface area contributed by atoms with E-state index in [0.29, 0.717) is 12.4 Å². The summed E-state index contributed by atoms with van der Waals surface area (Å²) in [6, 6.07) is 2.88. The molecule has 112 valence electrons. The van der Waals surface area contributed by atoms with Crippen LogP contribution >= 0.6 is 11.8 Å². The van der Waals surface area contributed by atoms with Crippen molar-refractivity contribution in [1.82, 2.24) is 9.71 Å². The zero-order valence-corrected chi connectivity index (χ0v) is 13.1. The molecular weight excluding hydrogens is 296 g/mol. The molecule has 0 unspecified atom stereocenters. The number of hydrazine groups is 1. The maximum atomic E-state index is 12.3. The van der Waals surface area contributed by atoms with Crippen molar-refractivity contribution in [1.29, 1.82) is 0 Å². The molecule has 0 radical (unpaired) electrons. The van der Waals surface area contributed by atoms with E-state index in [1.54, 1.807) is 11.8 Å². The fourth-order valence-electron chi connectivity index (χ4n) is 2.44. The Labute approximate surface area is 123 Å². The van der Waals surface area contributed by atoms with Gasteiger partial charge in [-0.3, -0.25) is 0 Å². The van der Waals surface area contributed by atoms with Crippen molar-refractivity contribution in [3.8, 4) is 0 Å². The van der Waals surface area contributed by atoms with Crippen molar-refractivity contribution in [3.63, 3.8) is 0 Å². The second kappa shape index (κ2) is 6.30. The van der Waals surface area contributed by atoms with E-state index < -0.39 is 10.0 Å². The number of rotatable bonds is 6. The van der Waals surface area contributed by atoms with Gasteiger partial charge in [0.05, 0.1) is 4.90 Å². The molecule has 1 saturated carbocycles. The monoisotopic (exact) mass is 316 g/mol. The highest BCUT2D eigenvalue weighted by Gasteiger charge is 2.34.